The van der Waals surface area contributed by atoms with E-state index in [4.69, 9.17) is 0 Å². The number of phenolic OH excluding ortho intramolecular Hbond substituents is 1. The predicted molar refractivity (Wildman–Crippen MR) is 195 cm³/mol. The molecule has 4 aromatic carbocycles. The molecule has 0 unspecified atom stereocenters. The molecule has 2 amide bonds. The summed E-state index contributed by atoms with van der Waals surface area (Å²) in [7, 11) is 0. The van der Waals surface area contributed by atoms with Crippen molar-refractivity contribution in [1.29, 1.82) is 0 Å². The molecule has 0 aromatic heterocycles. The highest BCUT2D eigenvalue weighted by Crippen LogP contribution is 2.29. The third-order valence-corrected chi connectivity index (χ3v) is 9.34. The fourth-order valence-corrected chi connectivity index (χ4v) is 6.34. The average molecular weight is 698 g/mol. The van der Waals surface area contributed by atoms with Gasteiger partial charge in [0.15, 0.2) is 0 Å². The van der Waals surface area contributed by atoms with Crippen molar-refractivity contribution in [3.63, 3.8) is 0 Å². The van der Waals surface area contributed by atoms with Gasteiger partial charge in [0.1, 0.15) is 11.8 Å². The van der Waals surface area contributed by atoms with Crippen LogP contribution < -0.4 is 0 Å². The molecule has 0 radical (unpaired) electrons. The van der Waals surface area contributed by atoms with Gasteiger partial charge in [0.05, 0.1) is 5.56 Å². The number of benzene rings is 4. The van der Waals surface area contributed by atoms with Gasteiger partial charge in [-0.05, 0) is 71.0 Å². The van der Waals surface area contributed by atoms with Crippen LogP contribution in [0.4, 0.5) is 13.2 Å². The van der Waals surface area contributed by atoms with Gasteiger partial charge in [-0.2, -0.15) is 13.2 Å². The van der Waals surface area contributed by atoms with E-state index in [9.17, 15) is 27.9 Å². The number of alkyl halides is 3. The van der Waals surface area contributed by atoms with E-state index in [1.165, 1.54) is 35.4 Å². The number of carbonyl (C=O) groups is 2. The van der Waals surface area contributed by atoms with E-state index in [1.54, 1.807) is 29.2 Å². The van der Waals surface area contributed by atoms with Gasteiger partial charge in [0, 0.05) is 51.8 Å². The summed E-state index contributed by atoms with van der Waals surface area (Å²) in [5.41, 5.74) is 3.72. The molecule has 0 aliphatic carbocycles. The summed E-state index contributed by atoms with van der Waals surface area (Å²) in [5.74, 6) is -0.501. The fourth-order valence-electron chi connectivity index (χ4n) is 6.34. The zero-order valence-corrected chi connectivity index (χ0v) is 29.1. The molecule has 268 valence electrons. The minimum absolute atomic E-state index is 0.0996. The highest BCUT2D eigenvalue weighted by molar-refractivity contribution is 5.95. The second-order valence-corrected chi connectivity index (χ2v) is 13.2. The summed E-state index contributed by atoms with van der Waals surface area (Å²) in [4.78, 5) is 34.4. The van der Waals surface area contributed by atoms with Crippen molar-refractivity contribution in [3.05, 3.63) is 143 Å². The number of unbranched alkanes of at least 4 members (excludes halogenated alkanes) is 2. The van der Waals surface area contributed by atoms with Gasteiger partial charge < -0.3 is 14.9 Å². The van der Waals surface area contributed by atoms with E-state index in [0.717, 1.165) is 55.5 Å². The first kappa shape index (κ1) is 37.4. The Morgan fingerprint density at radius 3 is 2.04 bits per heavy atom. The first-order valence-corrected chi connectivity index (χ1v) is 17.7. The van der Waals surface area contributed by atoms with E-state index in [1.807, 2.05) is 35.2 Å². The SMILES string of the molecule is CCCCCc1ccc(CN(C(=O)/C=C/c2ccc(C(F)(F)F)cc2)[C@@H](Cc2ccc(O)cc2)C(=O)N2CCN(Cc3ccccc3)CC2)cc1. The maximum absolute atomic E-state index is 14.5. The molecule has 0 bridgehead atoms. The number of amides is 2. The molecule has 1 atom stereocenters. The van der Waals surface area contributed by atoms with E-state index in [2.05, 4.69) is 36.1 Å². The van der Waals surface area contributed by atoms with Crippen LogP contribution in [0.1, 0.15) is 59.6 Å². The summed E-state index contributed by atoms with van der Waals surface area (Å²) < 4.78 is 39.5. The van der Waals surface area contributed by atoms with Crippen molar-refractivity contribution in [3.8, 4) is 5.75 Å². The quantitative estimate of drug-likeness (QED) is 0.107. The van der Waals surface area contributed by atoms with Crippen molar-refractivity contribution < 1.29 is 27.9 Å². The maximum Gasteiger partial charge on any atom is 0.416 e. The second kappa shape index (κ2) is 17.9. The average Bonchev–Trinajstić information content (AvgIpc) is 3.14. The standard InChI is InChI=1S/C42H46F3N3O3/c1-2-3-5-8-32-11-13-36(14-12-32)31-48(40(50)24-19-33-15-20-37(21-16-33)42(43,44)45)39(29-34-17-22-38(49)23-18-34)41(51)47-27-25-46(26-28-47)30-35-9-6-4-7-10-35/h4,6-7,9-24,39,49H,2-3,5,8,25-31H2,1H3/b24-19+/t39-/m0/s1. The van der Waals surface area contributed by atoms with Gasteiger partial charge >= 0.3 is 6.18 Å². The second-order valence-electron chi connectivity index (χ2n) is 13.2. The van der Waals surface area contributed by atoms with Crippen molar-refractivity contribution in [1.82, 2.24) is 14.7 Å². The predicted octanol–water partition coefficient (Wildman–Crippen LogP) is 8.14. The lowest BCUT2D eigenvalue weighted by molar-refractivity contribution is -0.145. The van der Waals surface area contributed by atoms with Crippen LogP contribution in [-0.2, 0) is 41.7 Å². The van der Waals surface area contributed by atoms with Gasteiger partial charge in [0.25, 0.3) is 0 Å². The minimum atomic E-state index is -4.46. The summed E-state index contributed by atoms with van der Waals surface area (Å²) in [5, 5.41) is 9.94. The van der Waals surface area contributed by atoms with Gasteiger partial charge in [-0.15, -0.1) is 0 Å². The van der Waals surface area contributed by atoms with Crippen LogP contribution in [0.2, 0.25) is 0 Å². The number of rotatable bonds is 14. The van der Waals surface area contributed by atoms with Crippen LogP contribution in [0.15, 0.2) is 109 Å². The van der Waals surface area contributed by atoms with Crippen LogP contribution in [0.25, 0.3) is 6.08 Å². The van der Waals surface area contributed by atoms with Crippen LogP contribution in [-0.4, -0.2) is 63.8 Å². The fraction of sp³-hybridized carbons (Fsp3) is 0.333. The number of carbonyl (C=O) groups excluding carboxylic acids is 2. The van der Waals surface area contributed by atoms with Crippen LogP contribution in [0.3, 0.4) is 0 Å². The number of phenols is 1. The van der Waals surface area contributed by atoms with E-state index in [0.29, 0.717) is 31.7 Å². The highest BCUT2D eigenvalue weighted by Gasteiger charge is 2.34. The first-order chi connectivity index (χ1) is 24.6. The molecule has 0 spiro atoms. The third kappa shape index (κ3) is 11.0. The summed E-state index contributed by atoms with van der Waals surface area (Å²) >= 11 is 0. The lowest BCUT2D eigenvalue weighted by atomic mass is 10.0. The Balaban J connectivity index is 1.41. The van der Waals surface area contributed by atoms with Gasteiger partial charge in [-0.3, -0.25) is 14.5 Å². The van der Waals surface area contributed by atoms with Gasteiger partial charge in [-0.1, -0.05) is 98.6 Å². The van der Waals surface area contributed by atoms with E-state index < -0.39 is 23.7 Å². The number of hydrogen-bond acceptors (Lipinski definition) is 4. The lowest BCUT2D eigenvalue weighted by Gasteiger charge is -2.39. The van der Waals surface area contributed by atoms with Gasteiger partial charge in [-0.25, -0.2) is 0 Å². The Morgan fingerprint density at radius 2 is 1.41 bits per heavy atom. The summed E-state index contributed by atoms with van der Waals surface area (Å²) in [6, 6.07) is 28.7. The zero-order chi connectivity index (χ0) is 36.2. The molecule has 51 heavy (non-hydrogen) atoms. The van der Waals surface area contributed by atoms with Crippen molar-refractivity contribution in [2.75, 3.05) is 26.2 Å². The molecule has 9 heteroatoms. The van der Waals surface area contributed by atoms with Crippen molar-refractivity contribution >= 4 is 17.9 Å². The van der Waals surface area contributed by atoms with Crippen LogP contribution in [0, 0.1) is 0 Å². The Labute approximate surface area is 298 Å². The molecule has 1 aliphatic rings. The van der Waals surface area contributed by atoms with Crippen LogP contribution >= 0.6 is 0 Å². The number of aromatic hydroxyl groups is 1. The summed E-state index contributed by atoms with van der Waals surface area (Å²) in [6.45, 7) is 5.51. The number of nitrogens with zero attached hydrogens (tertiary/aromatic N) is 3. The molecule has 1 aliphatic heterocycles. The molecular formula is C42H46F3N3O3. The molecular weight excluding hydrogens is 651 g/mol. The normalized spacial score (nSPS) is 14.5. The molecule has 5 rings (SSSR count). The first-order valence-electron chi connectivity index (χ1n) is 17.7. The highest BCUT2D eigenvalue weighted by atomic mass is 19.4. The van der Waals surface area contributed by atoms with E-state index >= 15 is 0 Å². The van der Waals surface area contributed by atoms with Crippen molar-refractivity contribution in [2.24, 2.45) is 0 Å². The number of hydrogen-bond donors (Lipinski definition) is 1. The number of piperazine rings is 1. The molecule has 1 N–H and O–H groups in total. The third-order valence-electron chi connectivity index (χ3n) is 9.34. The Bertz CT molecular complexity index is 1720. The molecule has 6 nitrogen and oxygen atoms in total. The molecule has 0 saturated carbocycles. The Morgan fingerprint density at radius 1 is 0.784 bits per heavy atom. The zero-order valence-electron chi connectivity index (χ0n) is 29.1. The molecule has 1 fully saturated rings. The Kier molecular flexibility index (Phi) is 13.1. The van der Waals surface area contributed by atoms with Gasteiger partial charge in [0.2, 0.25) is 11.8 Å². The number of halogens is 3. The van der Waals surface area contributed by atoms with Crippen LogP contribution in [0.5, 0.6) is 5.75 Å². The minimum Gasteiger partial charge on any atom is -0.508 e. The molecule has 1 heterocycles. The lowest BCUT2D eigenvalue weighted by Crippen LogP contribution is -2.56. The number of aryl methyl sites for hydroxylation is 1. The monoisotopic (exact) mass is 697 g/mol. The maximum atomic E-state index is 14.5. The summed E-state index contributed by atoms with van der Waals surface area (Å²) in [6.07, 6.45) is 2.91. The Hall–Kier alpha value is -4.89. The van der Waals surface area contributed by atoms with E-state index in [-0.39, 0.29) is 24.6 Å². The topological polar surface area (TPSA) is 64.1 Å². The van der Waals surface area contributed by atoms with Crippen molar-refractivity contribution in [2.45, 2.75) is 64.3 Å². The smallest absolute Gasteiger partial charge is 0.416 e. The molecule has 1 saturated heterocycles. The molecule has 4 aromatic rings. The largest absolute Gasteiger partial charge is 0.508 e.